The van der Waals surface area contributed by atoms with Crippen molar-refractivity contribution >= 4 is 23.4 Å². The monoisotopic (exact) mass is 296 g/mol. The number of fused-ring (bicyclic) bond motifs is 1. The van der Waals surface area contributed by atoms with Crippen molar-refractivity contribution in [3.8, 4) is 0 Å². The maximum absolute atomic E-state index is 11.8. The van der Waals surface area contributed by atoms with Gasteiger partial charge in [-0.15, -0.1) is 0 Å². The Morgan fingerprint density at radius 1 is 1.14 bits per heavy atom. The molecule has 0 fully saturated rings. The van der Waals surface area contributed by atoms with Crippen LogP contribution in [-0.2, 0) is 22.6 Å². The van der Waals surface area contributed by atoms with Crippen LogP contribution in [0.1, 0.15) is 17.5 Å². The summed E-state index contributed by atoms with van der Waals surface area (Å²) in [6.45, 7) is 0.230. The summed E-state index contributed by atoms with van der Waals surface area (Å²) in [4.78, 5) is 23.1. The number of anilines is 2. The number of benzene rings is 2. The van der Waals surface area contributed by atoms with Crippen molar-refractivity contribution in [2.45, 2.75) is 19.4 Å². The SMILES string of the molecule is O=C1CCc2cc(NC(=O)OCc3ccccc3)ccc2N1. The highest BCUT2D eigenvalue weighted by molar-refractivity contribution is 5.94. The van der Waals surface area contributed by atoms with Crippen molar-refractivity contribution in [2.24, 2.45) is 0 Å². The molecule has 0 aromatic heterocycles. The van der Waals surface area contributed by atoms with Crippen LogP contribution in [0.3, 0.4) is 0 Å². The van der Waals surface area contributed by atoms with Gasteiger partial charge in [0.25, 0.3) is 0 Å². The zero-order chi connectivity index (χ0) is 15.4. The molecule has 5 nitrogen and oxygen atoms in total. The van der Waals surface area contributed by atoms with E-state index in [2.05, 4.69) is 10.6 Å². The van der Waals surface area contributed by atoms with Gasteiger partial charge in [0.15, 0.2) is 0 Å². The molecule has 2 aromatic carbocycles. The van der Waals surface area contributed by atoms with Crippen molar-refractivity contribution in [2.75, 3.05) is 10.6 Å². The minimum Gasteiger partial charge on any atom is -0.444 e. The Morgan fingerprint density at radius 3 is 2.77 bits per heavy atom. The van der Waals surface area contributed by atoms with Gasteiger partial charge >= 0.3 is 6.09 Å². The summed E-state index contributed by atoms with van der Waals surface area (Å²) in [5, 5.41) is 5.50. The van der Waals surface area contributed by atoms with Crippen molar-refractivity contribution in [3.05, 3.63) is 59.7 Å². The molecule has 1 heterocycles. The number of aryl methyl sites for hydroxylation is 1. The second kappa shape index (κ2) is 6.30. The molecule has 0 saturated carbocycles. The quantitative estimate of drug-likeness (QED) is 0.913. The molecular formula is C17H16N2O3. The van der Waals surface area contributed by atoms with Crippen LogP contribution in [0.2, 0.25) is 0 Å². The molecule has 0 atom stereocenters. The van der Waals surface area contributed by atoms with Gasteiger partial charge in [0.05, 0.1) is 0 Å². The zero-order valence-corrected chi connectivity index (χ0v) is 12.0. The number of hydrogen-bond donors (Lipinski definition) is 2. The third-order valence-corrected chi connectivity index (χ3v) is 3.46. The van der Waals surface area contributed by atoms with E-state index in [1.54, 1.807) is 12.1 Å². The summed E-state index contributed by atoms with van der Waals surface area (Å²) in [5.74, 6) is 0.0236. The molecule has 1 aliphatic rings. The minimum atomic E-state index is -0.497. The van der Waals surface area contributed by atoms with Gasteiger partial charge in [0.2, 0.25) is 5.91 Å². The van der Waals surface area contributed by atoms with E-state index in [-0.39, 0.29) is 12.5 Å². The molecule has 2 aromatic rings. The van der Waals surface area contributed by atoms with Crippen molar-refractivity contribution < 1.29 is 14.3 Å². The molecule has 112 valence electrons. The Kier molecular flexibility index (Phi) is 4.05. The first-order valence-electron chi connectivity index (χ1n) is 7.11. The van der Waals surface area contributed by atoms with E-state index in [4.69, 9.17) is 4.74 Å². The summed E-state index contributed by atoms with van der Waals surface area (Å²) in [6, 6.07) is 14.9. The number of nitrogens with one attached hydrogen (secondary N) is 2. The normalized spacial score (nSPS) is 13.0. The van der Waals surface area contributed by atoms with Gasteiger partial charge in [-0.3, -0.25) is 10.1 Å². The highest BCUT2D eigenvalue weighted by Gasteiger charge is 2.15. The van der Waals surface area contributed by atoms with Crippen LogP contribution in [0.15, 0.2) is 48.5 Å². The standard InChI is InChI=1S/C17H16N2O3/c20-16-9-6-13-10-14(7-8-15(13)19-16)18-17(21)22-11-12-4-2-1-3-5-12/h1-5,7-8,10H,6,9,11H2,(H,18,21)(H,19,20). The lowest BCUT2D eigenvalue weighted by atomic mass is 10.0. The van der Waals surface area contributed by atoms with Crippen LogP contribution in [0.4, 0.5) is 16.2 Å². The first-order chi connectivity index (χ1) is 10.7. The summed E-state index contributed by atoms with van der Waals surface area (Å²) in [7, 11) is 0. The molecule has 5 heteroatoms. The molecule has 0 saturated heterocycles. The first-order valence-corrected chi connectivity index (χ1v) is 7.11. The minimum absolute atomic E-state index is 0.0236. The lowest BCUT2D eigenvalue weighted by Crippen LogP contribution is -2.19. The Hall–Kier alpha value is -2.82. The fourth-order valence-corrected chi connectivity index (χ4v) is 2.34. The van der Waals surface area contributed by atoms with E-state index in [1.165, 1.54) is 0 Å². The fourth-order valence-electron chi connectivity index (χ4n) is 2.34. The fraction of sp³-hybridized carbons (Fsp3) is 0.176. The van der Waals surface area contributed by atoms with Crippen molar-refractivity contribution in [1.82, 2.24) is 0 Å². The average Bonchev–Trinajstić information content (AvgIpc) is 2.54. The van der Waals surface area contributed by atoms with Crippen LogP contribution in [0, 0.1) is 0 Å². The van der Waals surface area contributed by atoms with E-state index < -0.39 is 6.09 Å². The Balaban J connectivity index is 1.59. The highest BCUT2D eigenvalue weighted by atomic mass is 16.5. The van der Waals surface area contributed by atoms with Gasteiger partial charge < -0.3 is 10.1 Å². The zero-order valence-electron chi connectivity index (χ0n) is 12.0. The summed E-state index contributed by atoms with van der Waals surface area (Å²) in [5.41, 5.74) is 3.42. The Bertz CT molecular complexity index is 698. The predicted octanol–water partition coefficient (Wildman–Crippen LogP) is 3.32. The molecule has 22 heavy (non-hydrogen) atoms. The molecule has 0 spiro atoms. The maximum Gasteiger partial charge on any atom is 0.411 e. The number of amides is 2. The lowest BCUT2D eigenvalue weighted by molar-refractivity contribution is -0.116. The third-order valence-electron chi connectivity index (χ3n) is 3.46. The Labute approximate surface area is 128 Å². The Morgan fingerprint density at radius 2 is 1.95 bits per heavy atom. The first kappa shape index (κ1) is 14.1. The van der Waals surface area contributed by atoms with Gasteiger partial charge in [-0.2, -0.15) is 0 Å². The molecule has 2 N–H and O–H groups in total. The van der Waals surface area contributed by atoms with E-state index >= 15 is 0 Å². The molecule has 2 amide bonds. The van der Waals surface area contributed by atoms with Gasteiger partial charge in [-0.1, -0.05) is 30.3 Å². The number of hydrogen-bond acceptors (Lipinski definition) is 3. The van der Waals surface area contributed by atoms with Crippen LogP contribution in [0.25, 0.3) is 0 Å². The largest absolute Gasteiger partial charge is 0.444 e. The summed E-state index contributed by atoms with van der Waals surface area (Å²) < 4.78 is 5.17. The summed E-state index contributed by atoms with van der Waals surface area (Å²) >= 11 is 0. The third kappa shape index (κ3) is 3.44. The van der Waals surface area contributed by atoms with Crippen molar-refractivity contribution in [1.29, 1.82) is 0 Å². The molecule has 1 aliphatic heterocycles. The van der Waals surface area contributed by atoms with Crippen molar-refractivity contribution in [3.63, 3.8) is 0 Å². The van der Waals surface area contributed by atoms with Gasteiger partial charge in [-0.05, 0) is 35.7 Å². The van der Waals surface area contributed by atoms with Crippen LogP contribution < -0.4 is 10.6 Å². The highest BCUT2D eigenvalue weighted by Crippen LogP contribution is 2.25. The molecule has 0 radical (unpaired) electrons. The lowest BCUT2D eigenvalue weighted by Gasteiger charge is -2.17. The topological polar surface area (TPSA) is 67.4 Å². The molecule has 3 rings (SSSR count). The second-order valence-electron chi connectivity index (χ2n) is 5.11. The molecule has 0 bridgehead atoms. The number of carbonyl (C=O) groups excluding carboxylic acids is 2. The number of carbonyl (C=O) groups is 2. The molecular weight excluding hydrogens is 280 g/mol. The maximum atomic E-state index is 11.8. The van der Waals surface area contributed by atoms with E-state index in [9.17, 15) is 9.59 Å². The van der Waals surface area contributed by atoms with E-state index in [1.807, 2.05) is 36.4 Å². The van der Waals surface area contributed by atoms with Crippen LogP contribution in [0.5, 0.6) is 0 Å². The molecule has 0 unspecified atom stereocenters. The number of rotatable bonds is 3. The summed E-state index contributed by atoms with van der Waals surface area (Å²) in [6.07, 6.45) is 0.647. The number of ether oxygens (including phenoxy) is 1. The van der Waals surface area contributed by atoms with E-state index in [0.717, 1.165) is 16.8 Å². The smallest absolute Gasteiger partial charge is 0.411 e. The van der Waals surface area contributed by atoms with Gasteiger partial charge in [-0.25, -0.2) is 4.79 Å². The van der Waals surface area contributed by atoms with Crippen LogP contribution >= 0.6 is 0 Å². The predicted molar refractivity (Wildman–Crippen MR) is 83.6 cm³/mol. The van der Waals surface area contributed by atoms with Crippen LogP contribution in [-0.4, -0.2) is 12.0 Å². The van der Waals surface area contributed by atoms with E-state index in [0.29, 0.717) is 18.5 Å². The van der Waals surface area contributed by atoms with Gasteiger partial charge in [0, 0.05) is 17.8 Å². The second-order valence-corrected chi connectivity index (χ2v) is 5.11. The van der Waals surface area contributed by atoms with Gasteiger partial charge in [0.1, 0.15) is 6.61 Å². The molecule has 0 aliphatic carbocycles. The average molecular weight is 296 g/mol.